The number of aromatic nitrogens is 1. The van der Waals surface area contributed by atoms with E-state index in [1.807, 2.05) is 0 Å². The van der Waals surface area contributed by atoms with Crippen molar-refractivity contribution in [3.05, 3.63) is 11.7 Å². The van der Waals surface area contributed by atoms with Crippen LogP contribution in [-0.4, -0.2) is 18.0 Å². The first kappa shape index (κ1) is 7.65. The first-order valence-corrected chi connectivity index (χ1v) is 3.16. The van der Waals surface area contributed by atoms with Crippen molar-refractivity contribution in [3.63, 3.8) is 0 Å². The number of oxazole rings is 1. The molecule has 0 saturated carbocycles. The summed E-state index contributed by atoms with van der Waals surface area (Å²) in [6, 6.07) is 0. The van der Waals surface area contributed by atoms with E-state index in [4.69, 9.17) is 4.42 Å². The second-order valence-electron chi connectivity index (χ2n) is 2.04. The van der Waals surface area contributed by atoms with Crippen LogP contribution in [0, 0.1) is 13.8 Å². The van der Waals surface area contributed by atoms with Gasteiger partial charge in [-0.3, -0.25) is 4.99 Å². The van der Waals surface area contributed by atoms with Crippen LogP contribution in [0.15, 0.2) is 14.4 Å². The van der Waals surface area contributed by atoms with E-state index in [0.29, 0.717) is 17.5 Å². The van der Waals surface area contributed by atoms with Crippen molar-refractivity contribution in [1.29, 1.82) is 0 Å². The molecule has 58 valence electrons. The van der Waals surface area contributed by atoms with Crippen molar-refractivity contribution in [2.45, 2.75) is 13.8 Å². The van der Waals surface area contributed by atoms with Gasteiger partial charge in [-0.2, -0.15) is 4.98 Å². The molecule has 4 nitrogen and oxygen atoms in total. The maximum atomic E-state index is 5.12. The lowest BCUT2D eigenvalue weighted by Crippen LogP contribution is -1.69. The number of hydrogen-bond donors (Lipinski definition) is 0. The average Bonchev–Trinajstić information content (AvgIpc) is 2.26. The smallest absolute Gasteiger partial charge is 0.195 e. The van der Waals surface area contributed by atoms with Gasteiger partial charge >= 0.3 is 0 Å². The minimum absolute atomic E-state index is 0.565. The molecule has 0 aliphatic heterocycles. The highest BCUT2D eigenvalue weighted by Gasteiger charge is 2.02. The molecule has 0 aliphatic carbocycles. The number of aryl methyl sites for hydroxylation is 2. The third kappa shape index (κ3) is 1.73. The highest BCUT2D eigenvalue weighted by Crippen LogP contribution is 2.16. The van der Waals surface area contributed by atoms with Gasteiger partial charge in [0.05, 0.1) is 0 Å². The van der Waals surface area contributed by atoms with Crippen LogP contribution < -0.4 is 0 Å². The van der Waals surface area contributed by atoms with Crippen molar-refractivity contribution in [1.82, 2.24) is 4.98 Å². The zero-order chi connectivity index (χ0) is 8.27. The largest absolute Gasteiger partial charge is 0.444 e. The summed E-state index contributed by atoms with van der Waals surface area (Å²) in [5, 5.41) is 0. The molecule has 1 rings (SSSR count). The minimum Gasteiger partial charge on any atom is -0.444 e. The highest BCUT2D eigenvalue weighted by atomic mass is 16.4. The maximum absolute atomic E-state index is 5.12. The summed E-state index contributed by atoms with van der Waals surface area (Å²) >= 11 is 0. The predicted molar refractivity (Wildman–Crippen MR) is 43.7 cm³/mol. The Morgan fingerprint density at radius 3 is 2.73 bits per heavy atom. The fraction of sp³-hybridized carbons (Fsp3) is 0.286. The Morgan fingerprint density at radius 1 is 1.55 bits per heavy atom. The molecule has 0 saturated heterocycles. The first-order chi connectivity index (χ1) is 5.24. The van der Waals surface area contributed by atoms with Gasteiger partial charge in [0, 0.05) is 6.92 Å². The van der Waals surface area contributed by atoms with Crippen LogP contribution in [0.3, 0.4) is 0 Å². The fourth-order valence-electron chi connectivity index (χ4n) is 0.733. The molecule has 0 unspecified atom stereocenters. The molecular formula is C7H9N3O. The van der Waals surface area contributed by atoms with E-state index in [2.05, 4.69) is 21.7 Å². The maximum Gasteiger partial charge on any atom is 0.195 e. The number of rotatable bonds is 2. The van der Waals surface area contributed by atoms with Gasteiger partial charge in [-0.25, -0.2) is 4.99 Å². The Morgan fingerprint density at radius 2 is 2.27 bits per heavy atom. The van der Waals surface area contributed by atoms with Gasteiger partial charge in [0.2, 0.25) is 0 Å². The molecule has 0 atom stereocenters. The Hall–Kier alpha value is -1.45. The first-order valence-electron chi connectivity index (χ1n) is 3.16. The van der Waals surface area contributed by atoms with Crippen LogP contribution in [0.2, 0.25) is 0 Å². The van der Waals surface area contributed by atoms with Gasteiger partial charge in [-0.05, 0) is 13.6 Å². The summed E-state index contributed by atoms with van der Waals surface area (Å²) in [6.45, 7) is 6.83. The van der Waals surface area contributed by atoms with E-state index in [-0.39, 0.29) is 0 Å². The van der Waals surface area contributed by atoms with Gasteiger partial charge in [0.25, 0.3) is 0 Å². The van der Waals surface area contributed by atoms with Gasteiger partial charge in [0.1, 0.15) is 12.1 Å². The van der Waals surface area contributed by atoms with Crippen molar-refractivity contribution < 1.29 is 4.42 Å². The summed E-state index contributed by atoms with van der Waals surface area (Å²) in [5.74, 6) is 1.87. The quantitative estimate of drug-likeness (QED) is 0.476. The monoisotopic (exact) mass is 151 g/mol. The molecule has 0 N–H and O–H groups in total. The van der Waals surface area contributed by atoms with E-state index in [0.717, 1.165) is 0 Å². The van der Waals surface area contributed by atoms with Gasteiger partial charge in [-0.15, -0.1) is 0 Å². The fourth-order valence-corrected chi connectivity index (χ4v) is 0.733. The van der Waals surface area contributed by atoms with Crippen LogP contribution in [-0.2, 0) is 0 Å². The molecule has 0 amide bonds. The Labute approximate surface area is 64.7 Å². The van der Waals surface area contributed by atoms with Crippen LogP contribution >= 0.6 is 0 Å². The Balaban J connectivity index is 2.93. The molecule has 1 aromatic rings. The number of aliphatic imine (C=N–C) groups is 2. The standard InChI is InChI=1S/C7H9N3O/c1-5-7(9-4-8-3)10-6(2)11-5/h4H,3H2,1-2H3. The van der Waals surface area contributed by atoms with Crippen molar-refractivity contribution in [2.24, 2.45) is 9.98 Å². The molecule has 1 heterocycles. The molecule has 0 bridgehead atoms. The lowest BCUT2D eigenvalue weighted by Gasteiger charge is -1.81. The van der Waals surface area contributed by atoms with Gasteiger partial charge in [0.15, 0.2) is 11.7 Å². The van der Waals surface area contributed by atoms with Crippen molar-refractivity contribution in [3.8, 4) is 0 Å². The predicted octanol–water partition coefficient (Wildman–Crippen LogP) is 1.65. The summed E-state index contributed by atoms with van der Waals surface area (Å²) in [7, 11) is 0. The summed E-state index contributed by atoms with van der Waals surface area (Å²) < 4.78 is 5.12. The lowest BCUT2D eigenvalue weighted by molar-refractivity contribution is 0.494. The zero-order valence-corrected chi connectivity index (χ0v) is 6.53. The van der Waals surface area contributed by atoms with Crippen molar-refractivity contribution >= 4 is 18.9 Å². The molecule has 1 aromatic heterocycles. The molecule has 0 aliphatic rings. The summed E-state index contributed by atoms with van der Waals surface area (Å²) in [4.78, 5) is 11.3. The van der Waals surface area contributed by atoms with Crippen LogP contribution in [0.25, 0.3) is 0 Å². The number of nitrogens with zero attached hydrogens (tertiary/aromatic N) is 3. The van der Waals surface area contributed by atoms with Crippen LogP contribution in [0.1, 0.15) is 11.7 Å². The Kier molecular flexibility index (Phi) is 2.15. The normalized spacial score (nSPS) is 10.7. The molecule has 4 heteroatoms. The molecule has 0 fully saturated rings. The Bertz CT molecular complexity index is 288. The van der Waals surface area contributed by atoms with E-state index in [9.17, 15) is 0 Å². The van der Waals surface area contributed by atoms with E-state index in [1.165, 1.54) is 6.34 Å². The third-order valence-corrected chi connectivity index (χ3v) is 1.14. The van der Waals surface area contributed by atoms with E-state index < -0.39 is 0 Å². The van der Waals surface area contributed by atoms with Gasteiger partial charge in [-0.1, -0.05) is 0 Å². The highest BCUT2D eigenvalue weighted by molar-refractivity contribution is 5.65. The molecule has 0 radical (unpaired) electrons. The van der Waals surface area contributed by atoms with Crippen LogP contribution in [0.4, 0.5) is 5.82 Å². The second kappa shape index (κ2) is 3.09. The molecule has 0 aromatic carbocycles. The SMILES string of the molecule is C=NC=Nc1nc(C)oc1C. The number of hydrogen-bond acceptors (Lipinski definition) is 3. The summed E-state index contributed by atoms with van der Waals surface area (Å²) in [5.41, 5.74) is 0. The lowest BCUT2D eigenvalue weighted by atomic mass is 10.5. The van der Waals surface area contributed by atoms with Crippen molar-refractivity contribution in [2.75, 3.05) is 0 Å². The minimum atomic E-state index is 0.565. The van der Waals surface area contributed by atoms with Crippen LogP contribution in [0.5, 0.6) is 0 Å². The second-order valence-corrected chi connectivity index (χ2v) is 2.04. The third-order valence-electron chi connectivity index (χ3n) is 1.14. The molecule has 11 heavy (non-hydrogen) atoms. The molecular weight excluding hydrogens is 142 g/mol. The summed E-state index contributed by atoms with van der Waals surface area (Å²) in [6.07, 6.45) is 1.34. The van der Waals surface area contributed by atoms with E-state index >= 15 is 0 Å². The van der Waals surface area contributed by atoms with E-state index in [1.54, 1.807) is 13.8 Å². The average molecular weight is 151 g/mol. The molecule has 0 spiro atoms. The topological polar surface area (TPSA) is 50.8 Å². The zero-order valence-electron chi connectivity index (χ0n) is 6.53. The van der Waals surface area contributed by atoms with Gasteiger partial charge < -0.3 is 4.42 Å².